The quantitative estimate of drug-likeness (QED) is 0.636. The summed E-state index contributed by atoms with van der Waals surface area (Å²) < 4.78 is 8.16. The van der Waals surface area contributed by atoms with Crippen LogP contribution >= 0.6 is 12.2 Å². The Kier molecular flexibility index (Phi) is 3.93. The molecule has 6 nitrogen and oxygen atoms in total. The Morgan fingerprint density at radius 3 is 2.79 bits per heavy atom. The third-order valence-corrected chi connectivity index (χ3v) is 4.65. The van der Waals surface area contributed by atoms with Crippen LogP contribution in [0.1, 0.15) is 12.6 Å². The standard InChI is InChI=1S/C17H17N3O3S/c21-9-13-12(22)8-14(23-13)20-7-6-11-16(20)18-15(19-17(11)24)10-4-2-1-3-5-10/h1-7,12-14,21-22H,8-9H2,(H,18,19,24)/t12-,13-,14-/m1/s1. The molecule has 3 N–H and O–H groups in total. The van der Waals surface area contributed by atoms with E-state index >= 15 is 0 Å². The fraction of sp³-hybridized carbons (Fsp3) is 0.294. The van der Waals surface area contributed by atoms with Gasteiger partial charge in [-0.3, -0.25) is 0 Å². The van der Waals surface area contributed by atoms with Crippen molar-refractivity contribution in [1.82, 2.24) is 14.5 Å². The average Bonchev–Trinajstić information content (AvgIpc) is 3.19. The number of benzene rings is 1. The Bertz CT molecular complexity index is 922. The predicted molar refractivity (Wildman–Crippen MR) is 92.0 cm³/mol. The van der Waals surface area contributed by atoms with E-state index in [2.05, 4.69) is 9.97 Å². The molecule has 124 valence electrons. The van der Waals surface area contributed by atoms with Gasteiger partial charge in [-0.25, -0.2) is 4.98 Å². The Balaban J connectivity index is 1.81. The van der Waals surface area contributed by atoms with Crippen LogP contribution in [0.2, 0.25) is 0 Å². The summed E-state index contributed by atoms with van der Waals surface area (Å²) in [5.41, 5.74) is 1.74. The molecule has 2 aromatic heterocycles. The van der Waals surface area contributed by atoms with Crippen molar-refractivity contribution in [3.05, 3.63) is 47.2 Å². The van der Waals surface area contributed by atoms with Gasteiger partial charge in [-0.2, -0.15) is 0 Å². The van der Waals surface area contributed by atoms with Gasteiger partial charge in [-0.1, -0.05) is 42.5 Å². The SMILES string of the molecule is OC[C@H]1O[C@@H](n2ccc3c(=S)nc(-c4ccccc4)[nH]c32)C[C@H]1O. The molecule has 0 radical (unpaired) electrons. The summed E-state index contributed by atoms with van der Waals surface area (Å²) in [6.07, 6.45) is 0.677. The number of aromatic amines is 1. The van der Waals surface area contributed by atoms with Crippen LogP contribution in [-0.2, 0) is 4.74 Å². The molecule has 3 atom stereocenters. The number of hydrogen-bond donors (Lipinski definition) is 3. The summed E-state index contributed by atoms with van der Waals surface area (Å²) in [4.78, 5) is 7.79. The Hall–Kier alpha value is -2.06. The van der Waals surface area contributed by atoms with Gasteiger partial charge in [0.15, 0.2) is 0 Å². The maximum absolute atomic E-state index is 9.98. The van der Waals surface area contributed by atoms with E-state index < -0.39 is 12.2 Å². The van der Waals surface area contributed by atoms with Crippen LogP contribution in [0.3, 0.4) is 0 Å². The lowest BCUT2D eigenvalue weighted by Gasteiger charge is -2.15. The first-order chi connectivity index (χ1) is 11.7. The maximum atomic E-state index is 9.98. The van der Waals surface area contributed by atoms with Crippen molar-refractivity contribution >= 4 is 23.3 Å². The predicted octanol–water partition coefficient (Wildman–Crippen LogP) is 2.40. The molecule has 0 bridgehead atoms. The number of H-pyrrole nitrogens is 1. The smallest absolute Gasteiger partial charge is 0.140 e. The van der Waals surface area contributed by atoms with Crippen LogP contribution in [0.5, 0.6) is 0 Å². The lowest BCUT2D eigenvalue weighted by atomic mass is 10.2. The molecule has 1 aliphatic rings. The highest BCUT2D eigenvalue weighted by molar-refractivity contribution is 7.71. The number of aromatic nitrogens is 3. The molecule has 0 spiro atoms. The summed E-state index contributed by atoms with van der Waals surface area (Å²) in [6, 6.07) is 11.6. The van der Waals surface area contributed by atoms with Crippen LogP contribution in [0.15, 0.2) is 42.6 Å². The third-order valence-electron chi connectivity index (χ3n) is 4.34. The van der Waals surface area contributed by atoms with E-state index in [0.717, 1.165) is 16.6 Å². The van der Waals surface area contributed by atoms with E-state index in [1.807, 2.05) is 47.2 Å². The molecule has 3 aromatic rings. The van der Waals surface area contributed by atoms with Crippen molar-refractivity contribution in [2.45, 2.75) is 24.9 Å². The number of hydrogen-bond acceptors (Lipinski definition) is 5. The lowest BCUT2D eigenvalue weighted by molar-refractivity contribution is -0.0430. The second-order valence-electron chi connectivity index (χ2n) is 5.86. The molecule has 3 heterocycles. The highest BCUT2D eigenvalue weighted by Gasteiger charge is 2.34. The summed E-state index contributed by atoms with van der Waals surface area (Å²) in [5.74, 6) is 0.685. The number of rotatable bonds is 3. The second-order valence-corrected chi connectivity index (χ2v) is 6.24. The molecular formula is C17H17N3O3S. The van der Waals surface area contributed by atoms with Crippen LogP contribution < -0.4 is 0 Å². The lowest BCUT2D eigenvalue weighted by Crippen LogP contribution is -2.24. The number of nitrogens with one attached hydrogen (secondary N) is 1. The van der Waals surface area contributed by atoms with Crippen molar-refractivity contribution < 1.29 is 14.9 Å². The van der Waals surface area contributed by atoms with Crippen LogP contribution in [-0.4, -0.2) is 43.6 Å². The second kappa shape index (κ2) is 6.10. The minimum atomic E-state index is -0.684. The Morgan fingerprint density at radius 2 is 2.08 bits per heavy atom. The molecule has 0 saturated carbocycles. The van der Waals surface area contributed by atoms with Crippen molar-refractivity contribution in [3.63, 3.8) is 0 Å². The topological polar surface area (TPSA) is 83.3 Å². The minimum Gasteiger partial charge on any atom is -0.394 e. The molecule has 0 amide bonds. The highest BCUT2D eigenvalue weighted by Crippen LogP contribution is 2.32. The van der Waals surface area contributed by atoms with Crippen molar-refractivity contribution in [1.29, 1.82) is 0 Å². The highest BCUT2D eigenvalue weighted by atomic mass is 32.1. The first kappa shape index (κ1) is 15.5. The molecule has 1 aromatic carbocycles. The molecule has 1 aliphatic heterocycles. The Labute approximate surface area is 143 Å². The summed E-state index contributed by atoms with van der Waals surface area (Å²) in [5, 5.41) is 20.1. The van der Waals surface area contributed by atoms with Crippen molar-refractivity contribution in [2.75, 3.05) is 6.61 Å². The van der Waals surface area contributed by atoms with Gasteiger partial charge in [0.2, 0.25) is 0 Å². The third kappa shape index (κ3) is 2.55. The summed E-state index contributed by atoms with van der Waals surface area (Å²) in [7, 11) is 0. The Morgan fingerprint density at radius 1 is 1.29 bits per heavy atom. The van der Waals surface area contributed by atoms with Gasteiger partial charge in [0.1, 0.15) is 28.4 Å². The van der Waals surface area contributed by atoms with Gasteiger partial charge in [0, 0.05) is 18.2 Å². The maximum Gasteiger partial charge on any atom is 0.140 e. The summed E-state index contributed by atoms with van der Waals surface area (Å²) >= 11 is 5.42. The van der Waals surface area contributed by atoms with E-state index in [1.54, 1.807) is 0 Å². The van der Waals surface area contributed by atoms with Gasteiger partial charge >= 0.3 is 0 Å². The zero-order valence-electron chi connectivity index (χ0n) is 12.8. The van der Waals surface area contributed by atoms with Crippen LogP contribution in [0.4, 0.5) is 0 Å². The summed E-state index contributed by atoms with van der Waals surface area (Å²) in [6.45, 7) is -0.205. The van der Waals surface area contributed by atoms with Crippen molar-refractivity contribution in [2.24, 2.45) is 0 Å². The van der Waals surface area contributed by atoms with E-state index in [-0.39, 0.29) is 12.8 Å². The average molecular weight is 343 g/mol. The minimum absolute atomic E-state index is 0.205. The van der Waals surface area contributed by atoms with Crippen LogP contribution in [0, 0.1) is 4.64 Å². The van der Waals surface area contributed by atoms with Gasteiger partial charge in [0.25, 0.3) is 0 Å². The fourth-order valence-electron chi connectivity index (χ4n) is 3.08. The first-order valence-corrected chi connectivity index (χ1v) is 8.19. The molecule has 7 heteroatoms. The number of fused-ring (bicyclic) bond motifs is 1. The molecule has 1 saturated heterocycles. The van der Waals surface area contributed by atoms with Gasteiger partial charge in [0.05, 0.1) is 18.1 Å². The monoisotopic (exact) mass is 343 g/mol. The molecule has 0 aliphatic carbocycles. The zero-order valence-corrected chi connectivity index (χ0v) is 13.6. The number of aliphatic hydroxyl groups is 2. The number of ether oxygens (including phenoxy) is 1. The van der Waals surface area contributed by atoms with E-state index in [4.69, 9.17) is 17.0 Å². The largest absolute Gasteiger partial charge is 0.394 e. The number of aliphatic hydroxyl groups excluding tert-OH is 2. The number of nitrogens with zero attached hydrogens (tertiary/aromatic N) is 2. The van der Waals surface area contributed by atoms with Crippen molar-refractivity contribution in [3.8, 4) is 11.4 Å². The van der Waals surface area contributed by atoms with Crippen LogP contribution in [0.25, 0.3) is 22.4 Å². The normalized spacial score (nSPS) is 23.8. The fourth-order valence-corrected chi connectivity index (χ4v) is 3.33. The first-order valence-electron chi connectivity index (χ1n) is 7.78. The van der Waals surface area contributed by atoms with Gasteiger partial charge in [-0.15, -0.1) is 0 Å². The molecule has 0 unspecified atom stereocenters. The van der Waals surface area contributed by atoms with Gasteiger partial charge < -0.3 is 24.5 Å². The molecule has 24 heavy (non-hydrogen) atoms. The molecule has 4 rings (SSSR count). The van der Waals surface area contributed by atoms with E-state index in [9.17, 15) is 10.2 Å². The van der Waals surface area contributed by atoms with Gasteiger partial charge in [-0.05, 0) is 6.07 Å². The molecule has 1 fully saturated rings. The van der Waals surface area contributed by atoms with E-state index in [1.165, 1.54) is 0 Å². The molecular weight excluding hydrogens is 326 g/mol. The zero-order chi connectivity index (χ0) is 16.7. The van der Waals surface area contributed by atoms with E-state index in [0.29, 0.717) is 16.9 Å².